The van der Waals surface area contributed by atoms with Crippen molar-refractivity contribution in [1.82, 2.24) is 15.5 Å². The second kappa shape index (κ2) is 4.11. The van der Waals surface area contributed by atoms with Gasteiger partial charge in [0.15, 0.2) is 0 Å². The Hall–Kier alpha value is -1.55. The molecule has 0 aliphatic carbocycles. The van der Waals surface area contributed by atoms with E-state index in [4.69, 9.17) is 4.74 Å². The summed E-state index contributed by atoms with van der Waals surface area (Å²) < 4.78 is 5.52. The number of ether oxygens (including phenoxy) is 1. The predicted molar refractivity (Wildman–Crippen MR) is 55.5 cm³/mol. The summed E-state index contributed by atoms with van der Waals surface area (Å²) in [5, 5.41) is 10.9. The van der Waals surface area contributed by atoms with Gasteiger partial charge in [-0.15, -0.1) is 0 Å². The van der Waals surface area contributed by atoms with Crippen LogP contribution < -0.4 is 10.1 Å². The number of fused-ring (bicyclic) bond motifs is 1. The molecule has 0 aliphatic rings. The third kappa shape index (κ3) is 1.85. The molecule has 0 saturated carbocycles. The van der Waals surface area contributed by atoms with E-state index in [0.717, 1.165) is 23.2 Å². The van der Waals surface area contributed by atoms with Crippen molar-refractivity contribution in [2.75, 3.05) is 20.2 Å². The molecule has 0 spiro atoms. The van der Waals surface area contributed by atoms with Crippen LogP contribution in [0.2, 0.25) is 0 Å². The highest BCUT2D eigenvalue weighted by Gasteiger charge is 1.97. The zero-order valence-corrected chi connectivity index (χ0v) is 8.08. The number of likely N-dealkylation sites (N-methyl/N-ethyl adjacent to an activating group) is 1. The van der Waals surface area contributed by atoms with Crippen molar-refractivity contribution >= 4 is 10.9 Å². The Balaban J connectivity index is 2.10. The SMILES string of the molecule is CNCCOc1ccc2[nH]ncc2c1. The van der Waals surface area contributed by atoms with Crippen LogP contribution in [0.1, 0.15) is 0 Å². The lowest BCUT2D eigenvalue weighted by Gasteiger charge is -2.04. The van der Waals surface area contributed by atoms with Crippen LogP contribution in [-0.2, 0) is 0 Å². The number of nitrogens with one attached hydrogen (secondary N) is 2. The minimum Gasteiger partial charge on any atom is -0.492 e. The first-order valence-electron chi connectivity index (χ1n) is 4.60. The summed E-state index contributed by atoms with van der Waals surface area (Å²) in [6.45, 7) is 1.53. The minimum absolute atomic E-state index is 0.680. The molecule has 0 radical (unpaired) electrons. The van der Waals surface area contributed by atoms with E-state index in [0.29, 0.717) is 6.61 Å². The maximum Gasteiger partial charge on any atom is 0.120 e. The molecule has 0 unspecified atom stereocenters. The summed E-state index contributed by atoms with van der Waals surface area (Å²) in [5.41, 5.74) is 1.03. The highest BCUT2D eigenvalue weighted by molar-refractivity contribution is 5.79. The molecule has 0 atom stereocenters. The van der Waals surface area contributed by atoms with E-state index in [1.165, 1.54) is 0 Å². The molecule has 2 N–H and O–H groups in total. The number of hydrogen-bond donors (Lipinski definition) is 2. The van der Waals surface area contributed by atoms with Crippen LogP contribution in [0.15, 0.2) is 24.4 Å². The van der Waals surface area contributed by atoms with E-state index in [2.05, 4.69) is 15.5 Å². The normalized spacial score (nSPS) is 10.6. The lowest BCUT2D eigenvalue weighted by Crippen LogP contribution is -2.15. The van der Waals surface area contributed by atoms with E-state index < -0.39 is 0 Å². The molecule has 2 aromatic rings. The van der Waals surface area contributed by atoms with Gasteiger partial charge in [-0.3, -0.25) is 5.10 Å². The Morgan fingerprint density at radius 3 is 3.29 bits per heavy atom. The number of nitrogens with zero attached hydrogens (tertiary/aromatic N) is 1. The van der Waals surface area contributed by atoms with Gasteiger partial charge in [-0.1, -0.05) is 0 Å². The van der Waals surface area contributed by atoms with Crippen molar-refractivity contribution < 1.29 is 4.74 Å². The van der Waals surface area contributed by atoms with Crippen LogP contribution in [-0.4, -0.2) is 30.4 Å². The second-order valence-electron chi connectivity index (χ2n) is 3.07. The smallest absolute Gasteiger partial charge is 0.120 e. The van der Waals surface area contributed by atoms with Gasteiger partial charge in [0.2, 0.25) is 0 Å². The summed E-state index contributed by atoms with van der Waals surface area (Å²) >= 11 is 0. The molecule has 4 nitrogen and oxygen atoms in total. The molecule has 0 saturated heterocycles. The molecule has 0 fully saturated rings. The average molecular weight is 191 g/mol. The van der Waals surface area contributed by atoms with Crippen molar-refractivity contribution in [2.45, 2.75) is 0 Å². The molecule has 14 heavy (non-hydrogen) atoms. The number of benzene rings is 1. The van der Waals surface area contributed by atoms with Crippen molar-refractivity contribution in [2.24, 2.45) is 0 Å². The van der Waals surface area contributed by atoms with Crippen LogP contribution in [0.5, 0.6) is 5.75 Å². The van der Waals surface area contributed by atoms with Gasteiger partial charge in [-0.05, 0) is 25.2 Å². The summed E-state index contributed by atoms with van der Waals surface area (Å²) in [6.07, 6.45) is 1.79. The lowest BCUT2D eigenvalue weighted by atomic mass is 10.2. The first-order valence-corrected chi connectivity index (χ1v) is 4.60. The van der Waals surface area contributed by atoms with Gasteiger partial charge in [0, 0.05) is 11.9 Å². The summed E-state index contributed by atoms with van der Waals surface area (Å²) in [5.74, 6) is 0.883. The third-order valence-electron chi connectivity index (χ3n) is 2.03. The van der Waals surface area contributed by atoms with E-state index >= 15 is 0 Å². The zero-order chi connectivity index (χ0) is 9.80. The largest absolute Gasteiger partial charge is 0.492 e. The van der Waals surface area contributed by atoms with Gasteiger partial charge in [0.1, 0.15) is 12.4 Å². The lowest BCUT2D eigenvalue weighted by molar-refractivity contribution is 0.319. The summed E-state index contributed by atoms with van der Waals surface area (Å²) in [6, 6.07) is 5.89. The van der Waals surface area contributed by atoms with Crippen LogP contribution in [0.3, 0.4) is 0 Å². The second-order valence-corrected chi connectivity index (χ2v) is 3.07. The molecule has 74 valence electrons. The first-order chi connectivity index (χ1) is 6.90. The number of aromatic nitrogens is 2. The Bertz CT molecular complexity index is 410. The Kier molecular flexibility index (Phi) is 2.65. The zero-order valence-electron chi connectivity index (χ0n) is 8.08. The third-order valence-corrected chi connectivity index (χ3v) is 2.03. The highest BCUT2D eigenvalue weighted by atomic mass is 16.5. The summed E-state index contributed by atoms with van der Waals surface area (Å²) in [4.78, 5) is 0. The van der Waals surface area contributed by atoms with Crippen LogP contribution >= 0.6 is 0 Å². The molecule has 1 aromatic heterocycles. The Labute approximate surface area is 82.3 Å². The van der Waals surface area contributed by atoms with Gasteiger partial charge in [-0.2, -0.15) is 5.10 Å². The molecule has 2 rings (SSSR count). The monoisotopic (exact) mass is 191 g/mol. The fourth-order valence-electron chi connectivity index (χ4n) is 1.28. The number of H-pyrrole nitrogens is 1. The molecule has 0 amide bonds. The van der Waals surface area contributed by atoms with Crippen molar-refractivity contribution in [3.63, 3.8) is 0 Å². The minimum atomic E-state index is 0.680. The predicted octanol–water partition coefficient (Wildman–Crippen LogP) is 1.16. The van der Waals surface area contributed by atoms with E-state index in [-0.39, 0.29) is 0 Å². The van der Waals surface area contributed by atoms with E-state index in [1.807, 2.05) is 25.2 Å². The summed E-state index contributed by atoms with van der Waals surface area (Å²) in [7, 11) is 1.91. The fraction of sp³-hybridized carbons (Fsp3) is 0.300. The van der Waals surface area contributed by atoms with Crippen molar-refractivity contribution in [1.29, 1.82) is 0 Å². The molecule has 1 heterocycles. The van der Waals surface area contributed by atoms with Gasteiger partial charge in [-0.25, -0.2) is 0 Å². The van der Waals surface area contributed by atoms with E-state index in [1.54, 1.807) is 6.20 Å². The Morgan fingerprint density at radius 2 is 2.43 bits per heavy atom. The molecule has 1 aromatic carbocycles. The van der Waals surface area contributed by atoms with Crippen LogP contribution in [0.4, 0.5) is 0 Å². The molecule has 0 aliphatic heterocycles. The quantitative estimate of drug-likeness (QED) is 0.713. The highest BCUT2D eigenvalue weighted by Crippen LogP contribution is 2.18. The first kappa shape index (κ1) is 9.02. The topological polar surface area (TPSA) is 49.9 Å². The van der Waals surface area contributed by atoms with E-state index in [9.17, 15) is 0 Å². The Morgan fingerprint density at radius 1 is 1.50 bits per heavy atom. The number of rotatable bonds is 4. The molecule has 0 bridgehead atoms. The van der Waals surface area contributed by atoms with Crippen molar-refractivity contribution in [3.05, 3.63) is 24.4 Å². The average Bonchev–Trinajstić information content (AvgIpc) is 2.65. The molecular formula is C10H13N3O. The maximum absolute atomic E-state index is 5.52. The van der Waals surface area contributed by atoms with Gasteiger partial charge in [0.25, 0.3) is 0 Å². The van der Waals surface area contributed by atoms with Crippen LogP contribution in [0.25, 0.3) is 10.9 Å². The van der Waals surface area contributed by atoms with Crippen molar-refractivity contribution in [3.8, 4) is 5.75 Å². The molecule has 4 heteroatoms. The van der Waals surface area contributed by atoms with Gasteiger partial charge < -0.3 is 10.1 Å². The van der Waals surface area contributed by atoms with Crippen LogP contribution in [0, 0.1) is 0 Å². The standard InChI is InChI=1S/C10H13N3O/c1-11-4-5-14-9-2-3-10-8(6-9)7-12-13-10/h2-3,6-7,11H,4-5H2,1H3,(H,12,13). The maximum atomic E-state index is 5.52. The number of aromatic amines is 1. The van der Waals surface area contributed by atoms with Gasteiger partial charge >= 0.3 is 0 Å². The molecular weight excluding hydrogens is 178 g/mol. The fourth-order valence-corrected chi connectivity index (χ4v) is 1.28. The number of hydrogen-bond acceptors (Lipinski definition) is 3. The van der Waals surface area contributed by atoms with Gasteiger partial charge in [0.05, 0.1) is 11.7 Å².